The lowest BCUT2D eigenvalue weighted by Crippen LogP contribution is -1.77. The SMILES string of the molecule is O=Cc1nnsc1Br. The molecular formula is C3HBrN2OS. The Kier molecular flexibility index (Phi) is 1.69. The summed E-state index contributed by atoms with van der Waals surface area (Å²) in [4.78, 5) is 9.96. The normalized spacial score (nSPS) is 9.12. The largest absolute Gasteiger partial charge is 0.296 e. The molecule has 1 aromatic rings. The molecule has 42 valence electrons. The second kappa shape index (κ2) is 2.32. The maximum absolute atomic E-state index is 9.96. The number of hydrogen-bond donors (Lipinski definition) is 0. The summed E-state index contributed by atoms with van der Waals surface area (Å²) in [6.07, 6.45) is 0.660. The van der Waals surface area contributed by atoms with Gasteiger partial charge in [0.1, 0.15) is 3.79 Å². The maximum atomic E-state index is 9.96. The van der Waals surface area contributed by atoms with Gasteiger partial charge in [-0.3, -0.25) is 4.79 Å². The number of rotatable bonds is 1. The molecule has 0 aromatic carbocycles. The maximum Gasteiger partial charge on any atom is 0.172 e. The first-order valence-electron chi connectivity index (χ1n) is 1.77. The third-order valence-corrected chi connectivity index (χ3v) is 1.96. The molecule has 5 heteroatoms. The highest BCUT2D eigenvalue weighted by atomic mass is 79.9. The van der Waals surface area contributed by atoms with Crippen LogP contribution in [0, 0.1) is 0 Å². The quantitative estimate of drug-likeness (QED) is 0.627. The van der Waals surface area contributed by atoms with Gasteiger partial charge in [0.2, 0.25) is 0 Å². The van der Waals surface area contributed by atoms with Crippen molar-refractivity contribution in [3.8, 4) is 0 Å². The van der Waals surface area contributed by atoms with E-state index in [9.17, 15) is 4.79 Å². The van der Waals surface area contributed by atoms with Crippen LogP contribution in [0.5, 0.6) is 0 Å². The average Bonchev–Trinajstić information content (AvgIpc) is 2.14. The average molecular weight is 193 g/mol. The van der Waals surface area contributed by atoms with E-state index >= 15 is 0 Å². The van der Waals surface area contributed by atoms with E-state index in [1.165, 1.54) is 0 Å². The van der Waals surface area contributed by atoms with Crippen LogP contribution in [-0.2, 0) is 0 Å². The van der Waals surface area contributed by atoms with E-state index in [1.807, 2.05) is 0 Å². The van der Waals surface area contributed by atoms with Gasteiger partial charge in [0, 0.05) is 0 Å². The van der Waals surface area contributed by atoms with Gasteiger partial charge >= 0.3 is 0 Å². The highest BCUT2D eigenvalue weighted by Gasteiger charge is 1.99. The highest BCUT2D eigenvalue weighted by Crippen LogP contribution is 2.15. The minimum Gasteiger partial charge on any atom is -0.296 e. The molecule has 0 saturated carbocycles. The second-order valence-electron chi connectivity index (χ2n) is 1.05. The number of halogens is 1. The van der Waals surface area contributed by atoms with Gasteiger partial charge in [-0.2, -0.15) is 0 Å². The van der Waals surface area contributed by atoms with Gasteiger partial charge in [-0.1, -0.05) is 4.49 Å². The van der Waals surface area contributed by atoms with Crippen LogP contribution in [-0.4, -0.2) is 15.9 Å². The van der Waals surface area contributed by atoms with Crippen LogP contribution in [0.15, 0.2) is 3.79 Å². The first-order chi connectivity index (χ1) is 3.84. The van der Waals surface area contributed by atoms with E-state index < -0.39 is 0 Å². The van der Waals surface area contributed by atoms with E-state index in [1.54, 1.807) is 0 Å². The number of aromatic nitrogens is 2. The predicted molar refractivity (Wildman–Crippen MR) is 33.0 cm³/mol. The molecule has 0 atom stereocenters. The Bertz CT molecular complexity index is 199. The minimum atomic E-state index is 0.370. The fourth-order valence-corrected chi connectivity index (χ4v) is 1.01. The third kappa shape index (κ3) is 0.924. The lowest BCUT2D eigenvalue weighted by atomic mass is 10.6. The molecule has 0 radical (unpaired) electrons. The summed E-state index contributed by atoms with van der Waals surface area (Å²) in [5.41, 5.74) is 0.370. The zero-order valence-corrected chi connectivity index (χ0v) is 6.07. The summed E-state index contributed by atoms with van der Waals surface area (Å²) in [5, 5.41) is 3.49. The van der Waals surface area contributed by atoms with Gasteiger partial charge in [-0.25, -0.2) is 0 Å². The smallest absolute Gasteiger partial charge is 0.172 e. The number of carbonyl (C=O) groups is 1. The summed E-state index contributed by atoms with van der Waals surface area (Å²) in [6, 6.07) is 0. The Labute approximate surface area is 58.0 Å². The van der Waals surface area contributed by atoms with Crippen LogP contribution in [0.2, 0.25) is 0 Å². The van der Waals surface area contributed by atoms with Crippen molar-refractivity contribution in [3.63, 3.8) is 0 Å². The van der Waals surface area contributed by atoms with Crippen molar-refractivity contribution in [2.45, 2.75) is 0 Å². The summed E-state index contributed by atoms with van der Waals surface area (Å²) in [5.74, 6) is 0. The van der Waals surface area contributed by atoms with Crippen LogP contribution in [0.4, 0.5) is 0 Å². The molecule has 0 N–H and O–H groups in total. The molecule has 1 heterocycles. The Hall–Kier alpha value is -0.290. The molecular weight excluding hydrogens is 192 g/mol. The first kappa shape index (κ1) is 5.84. The van der Waals surface area contributed by atoms with Crippen LogP contribution in [0.3, 0.4) is 0 Å². The van der Waals surface area contributed by atoms with Crippen molar-refractivity contribution in [2.24, 2.45) is 0 Å². The van der Waals surface area contributed by atoms with Crippen molar-refractivity contribution in [2.75, 3.05) is 0 Å². The fraction of sp³-hybridized carbons (Fsp3) is 0. The molecule has 8 heavy (non-hydrogen) atoms. The lowest BCUT2D eigenvalue weighted by molar-refractivity contribution is 0.111. The minimum absolute atomic E-state index is 0.370. The van der Waals surface area contributed by atoms with Crippen molar-refractivity contribution < 1.29 is 4.79 Å². The Morgan fingerprint density at radius 2 is 2.50 bits per heavy atom. The number of nitrogens with zero attached hydrogens (tertiary/aromatic N) is 2. The predicted octanol–water partition coefficient (Wildman–Crippen LogP) is 1.11. The molecule has 0 aliphatic carbocycles. The van der Waals surface area contributed by atoms with Crippen LogP contribution >= 0.6 is 27.5 Å². The molecule has 0 spiro atoms. The number of carbonyl (C=O) groups excluding carboxylic acids is 1. The topological polar surface area (TPSA) is 42.9 Å². The van der Waals surface area contributed by atoms with E-state index in [0.717, 1.165) is 11.5 Å². The monoisotopic (exact) mass is 192 g/mol. The van der Waals surface area contributed by atoms with E-state index in [-0.39, 0.29) is 0 Å². The van der Waals surface area contributed by atoms with Gasteiger partial charge in [-0.15, -0.1) is 5.10 Å². The van der Waals surface area contributed by atoms with Gasteiger partial charge in [0.15, 0.2) is 12.0 Å². The van der Waals surface area contributed by atoms with E-state index in [0.29, 0.717) is 15.8 Å². The zero-order chi connectivity index (χ0) is 5.98. The summed E-state index contributed by atoms with van der Waals surface area (Å²) >= 11 is 4.24. The van der Waals surface area contributed by atoms with Crippen LogP contribution in [0.25, 0.3) is 0 Å². The summed E-state index contributed by atoms with van der Waals surface area (Å²) in [6.45, 7) is 0. The molecule has 0 amide bonds. The van der Waals surface area contributed by atoms with E-state index in [2.05, 4.69) is 25.5 Å². The Morgan fingerprint density at radius 3 is 2.75 bits per heavy atom. The standard InChI is InChI=1S/C3HBrN2OS/c4-3-2(1-7)5-6-8-3/h1H. The summed E-state index contributed by atoms with van der Waals surface area (Å²) < 4.78 is 4.19. The molecule has 0 bridgehead atoms. The van der Waals surface area contributed by atoms with Gasteiger partial charge in [0.25, 0.3) is 0 Å². The fourth-order valence-electron chi connectivity index (χ4n) is 0.256. The van der Waals surface area contributed by atoms with Crippen LogP contribution < -0.4 is 0 Å². The van der Waals surface area contributed by atoms with Gasteiger partial charge < -0.3 is 0 Å². The molecule has 0 fully saturated rings. The highest BCUT2D eigenvalue weighted by molar-refractivity contribution is 9.11. The molecule has 0 aliphatic rings. The molecule has 3 nitrogen and oxygen atoms in total. The van der Waals surface area contributed by atoms with Crippen LogP contribution in [0.1, 0.15) is 10.5 Å². The summed E-state index contributed by atoms with van der Waals surface area (Å²) in [7, 11) is 0. The first-order valence-corrected chi connectivity index (χ1v) is 3.34. The number of hydrogen-bond acceptors (Lipinski definition) is 4. The molecule has 0 aliphatic heterocycles. The number of aldehydes is 1. The van der Waals surface area contributed by atoms with E-state index in [4.69, 9.17) is 0 Å². The molecule has 1 aromatic heterocycles. The Morgan fingerprint density at radius 1 is 1.75 bits per heavy atom. The van der Waals surface area contributed by atoms with Crippen molar-refractivity contribution in [1.82, 2.24) is 9.59 Å². The molecule has 0 saturated heterocycles. The zero-order valence-electron chi connectivity index (χ0n) is 3.67. The molecule has 0 unspecified atom stereocenters. The Balaban J connectivity index is 3.09. The van der Waals surface area contributed by atoms with Crippen molar-refractivity contribution in [3.05, 3.63) is 9.48 Å². The molecule has 1 rings (SSSR count). The lowest BCUT2D eigenvalue weighted by Gasteiger charge is -1.71. The van der Waals surface area contributed by atoms with Gasteiger partial charge in [0.05, 0.1) is 0 Å². The third-order valence-electron chi connectivity index (χ3n) is 0.583. The van der Waals surface area contributed by atoms with Crippen molar-refractivity contribution >= 4 is 33.7 Å². The van der Waals surface area contributed by atoms with Crippen molar-refractivity contribution in [1.29, 1.82) is 0 Å². The van der Waals surface area contributed by atoms with Gasteiger partial charge in [-0.05, 0) is 27.5 Å². The second-order valence-corrected chi connectivity index (χ2v) is 3.12.